The van der Waals surface area contributed by atoms with Crippen LogP contribution in [0.1, 0.15) is 12.8 Å². The van der Waals surface area contributed by atoms with Gasteiger partial charge in [0.25, 0.3) is 0 Å². The Bertz CT molecular complexity index is 802. The Labute approximate surface area is 224 Å². The molecule has 0 aromatic heterocycles. The summed E-state index contributed by atoms with van der Waals surface area (Å²) in [7, 11) is 1.46. The lowest BCUT2D eigenvalue weighted by molar-refractivity contribution is -0.157. The van der Waals surface area contributed by atoms with E-state index in [1.54, 1.807) is 0 Å². The number of esters is 3. The van der Waals surface area contributed by atoms with Crippen molar-refractivity contribution in [1.82, 2.24) is 0 Å². The molecule has 0 heterocycles. The number of carbonyl (C=O) groups excluding carboxylic acids is 4. The van der Waals surface area contributed by atoms with Crippen molar-refractivity contribution < 1.29 is 47.6 Å². The molecule has 0 saturated carbocycles. The second-order valence-electron chi connectivity index (χ2n) is 8.49. The predicted octanol–water partition coefficient (Wildman–Crippen LogP) is 3.06. The second-order valence-corrected chi connectivity index (χ2v) is 8.49. The highest BCUT2D eigenvalue weighted by molar-refractivity contribution is 5.89. The summed E-state index contributed by atoms with van der Waals surface area (Å²) in [6.45, 7) is 20.1. The van der Waals surface area contributed by atoms with E-state index >= 15 is 0 Å². The minimum atomic E-state index is -1.13. The maximum absolute atomic E-state index is 12.0. The first-order chi connectivity index (χ1) is 18.0. The molecule has 1 unspecified atom stereocenters. The Morgan fingerprint density at radius 1 is 0.605 bits per heavy atom. The van der Waals surface area contributed by atoms with Gasteiger partial charge in [-0.25, -0.2) is 14.4 Å². The maximum atomic E-state index is 12.0. The van der Waals surface area contributed by atoms with Gasteiger partial charge in [0.1, 0.15) is 32.2 Å². The lowest BCUT2D eigenvalue weighted by Crippen LogP contribution is -2.44. The van der Waals surface area contributed by atoms with Gasteiger partial charge in [0.05, 0.1) is 30.7 Å². The summed E-state index contributed by atoms with van der Waals surface area (Å²) in [5, 5.41) is 0. The first kappa shape index (κ1) is 34.2. The third kappa shape index (κ3) is 13.5. The van der Waals surface area contributed by atoms with E-state index in [-0.39, 0.29) is 70.6 Å². The van der Waals surface area contributed by atoms with Crippen molar-refractivity contribution in [2.75, 3.05) is 53.4 Å². The third-order valence-corrected chi connectivity index (χ3v) is 5.25. The fourth-order valence-electron chi connectivity index (χ4n) is 3.03. The zero-order valence-electron chi connectivity index (χ0n) is 22.1. The minimum Gasteiger partial charge on any atom is -0.493 e. The van der Waals surface area contributed by atoms with Crippen molar-refractivity contribution in [2.45, 2.75) is 12.8 Å². The summed E-state index contributed by atoms with van der Waals surface area (Å²) < 4.78 is 32.8. The normalized spacial score (nSPS) is 12.1. The molecule has 10 heteroatoms. The summed E-state index contributed by atoms with van der Waals surface area (Å²) in [6, 6.07) is 0. The zero-order valence-corrected chi connectivity index (χ0v) is 22.1. The molecule has 0 spiro atoms. The van der Waals surface area contributed by atoms with E-state index in [9.17, 15) is 19.2 Å². The van der Waals surface area contributed by atoms with E-state index in [4.69, 9.17) is 28.4 Å². The molecule has 0 aromatic carbocycles. The largest absolute Gasteiger partial charge is 0.493 e. The van der Waals surface area contributed by atoms with Crippen LogP contribution in [0.4, 0.5) is 0 Å². The molecule has 38 heavy (non-hydrogen) atoms. The molecule has 210 valence electrons. The maximum Gasteiger partial charge on any atom is 0.330 e. The summed E-state index contributed by atoms with van der Waals surface area (Å²) in [4.78, 5) is 47.4. The van der Waals surface area contributed by atoms with Gasteiger partial charge in [0.2, 0.25) is 0 Å². The molecule has 0 aliphatic carbocycles. The van der Waals surface area contributed by atoms with Crippen LogP contribution in [0.2, 0.25) is 0 Å². The number of hydrogen-bond donors (Lipinski definition) is 0. The average Bonchev–Trinajstić information content (AvgIpc) is 2.94. The van der Waals surface area contributed by atoms with Crippen molar-refractivity contribution in [1.29, 1.82) is 0 Å². The van der Waals surface area contributed by atoms with Gasteiger partial charge < -0.3 is 28.4 Å². The molecule has 0 bridgehead atoms. The molecular formula is C28H38O10. The van der Waals surface area contributed by atoms with Gasteiger partial charge in [-0.3, -0.25) is 4.79 Å². The number of allylic oxidation sites excluding steroid dienone is 2. The molecule has 10 nitrogen and oxygen atoms in total. The first-order valence-electron chi connectivity index (χ1n) is 11.6. The average molecular weight is 535 g/mol. The Balaban J connectivity index is 6.04. The van der Waals surface area contributed by atoms with Gasteiger partial charge in [-0.1, -0.05) is 39.5 Å². The van der Waals surface area contributed by atoms with Gasteiger partial charge in [0, 0.05) is 31.8 Å². The summed E-state index contributed by atoms with van der Waals surface area (Å²) >= 11 is 0. The van der Waals surface area contributed by atoms with Crippen LogP contribution < -0.4 is 0 Å². The molecule has 0 N–H and O–H groups in total. The summed E-state index contributed by atoms with van der Waals surface area (Å²) in [6.07, 6.45) is 5.71. The van der Waals surface area contributed by atoms with Gasteiger partial charge in [-0.15, -0.1) is 0 Å². The Kier molecular flexibility index (Phi) is 16.7. The molecule has 0 aromatic rings. The fourth-order valence-corrected chi connectivity index (χ4v) is 3.03. The van der Waals surface area contributed by atoms with E-state index in [1.807, 2.05) is 0 Å². The van der Waals surface area contributed by atoms with Gasteiger partial charge >= 0.3 is 17.9 Å². The van der Waals surface area contributed by atoms with Crippen molar-refractivity contribution in [3.8, 4) is 0 Å². The number of rotatable bonds is 23. The molecular weight excluding hydrogens is 496 g/mol. The van der Waals surface area contributed by atoms with E-state index in [0.29, 0.717) is 0 Å². The summed E-state index contributed by atoms with van der Waals surface area (Å²) in [5.41, 5.74) is -2.13. The minimum absolute atomic E-state index is 0.0189. The highest BCUT2D eigenvalue weighted by Gasteiger charge is 2.38. The van der Waals surface area contributed by atoms with E-state index in [1.165, 1.54) is 19.3 Å². The van der Waals surface area contributed by atoms with Crippen molar-refractivity contribution in [3.63, 3.8) is 0 Å². The Morgan fingerprint density at radius 2 is 1.05 bits per heavy atom. The molecule has 0 aliphatic rings. The number of carbonyl (C=O) groups is 4. The lowest BCUT2D eigenvalue weighted by Gasteiger charge is -2.36. The highest BCUT2D eigenvalue weighted by Crippen LogP contribution is 2.29. The smallest absolute Gasteiger partial charge is 0.330 e. The fraction of sp³-hybridized carbons (Fsp3) is 0.429. The Morgan fingerprint density at radius 3 is 1.47 bits per heavy atom. The van der Waals surface area contributed by atoms with Crippen LogP contribution in [0.15, 0.2) is 75.6 Å². The topological polar surface area (TPSA) is 124 Å². The van der Waals surface area contributed by atoms with E-state index in [0.717, 1.165) is 18.2 Å². The molecule has 0 fully saturated rings. The number of methoxy groups -OCH3 is 1. The molecule has 1 atom stereocenters. The third-order valence-electron chi connectivity index (χ3n) is 5.25. The highest BCUT2D eigenvalue weighted by atomic mass is 16.6. The van der Waals surface area contributed by atoms with Crippen LogP contribution in [-0.2, 0) is 47.6 Å². The quantitative estimate of drug-likeness (QED) is 0.0635. The van der Waals surface area contributed by atoms with Crippen LogP contribution in [0.5, 0.6) is 0 Å². The standard InChI is InChI=1S/C28H38O10/c1-8-22(6)35-20-28(15-33-7,21-38-26(32)12-5)17-34-16-27(14-13-23(29)9-2,18-36-24(30)10-3)19-37-25(31)11-4/h8-12H,1-6,13-21H2,7H3. The van der Waals surface area contributed by atoms with Crippen molar-refractivity contribution >= 4 is 23.7 Å². The number of ether oxygens (including phenoxy) is 6. The van der Waals surface area contributed by atoms with Crippen LogP contribution >= 0.6 is 0 Å². The van der Waals surface area contributed by atoms with Gasteiger partial charge in [0.15, 0.2) is 5.78 Å². The monoisotopic (exact) mass is 534 g/mol. The molecule has 0 rings (SSSR count). The first-order valence-corrected chi connectivity index (χ1v) is 11.6. The van der Waals surface area contributed by atoms with E-state index < -0.39 is 28.7 Å². The lowest BCUT2D eigenvalue weighted by atomic mass is 9.84. The van der Waals surface area contributed by atoms with Crippen LogP contribution in [-0.4, -0.2) is 77.0 Å². The van der Waals surface area contributed by atoms with Crippen molar-refractivity contribution in [2.24, 2.45) is 10.8 Å². The van der Waals surface area contributed by atoms with Crippen molar-refractivity contribution in [3.05, 3.63) is 75.6 Å². The van der Waals surface area contributed by atoms with Crippen LogP contribution in [0, 0.1) is 10.8 Å². The number of ketones is 1. The predicted molar refractivity (Wildman–Crippen MR) is 141 cm³/mol. The summed E-state index contributed by atoms with van der Waals surface area (Å²) in [5.74, 6) is -2.05. The Hall–Kier alpha value is -3.76. The van der Waals surface area contributed by atoms with Crippen LogP contribution in [0.25, 0.3) is 0 Å². The SMILES string of the molecule is C=CC(=C)OCC(COC)(COCC(CCC(=O)C=C)(COC(=O)C=C)COC(=O)C=C)COC(=O)C=C. The number of hydrogen-bond acceptors (Lipinski definition) is 10. The second kappa shape index (κ2) is 18.5. The molecule has 0 radical (unpaired) electrons. The molecule has 0 aliphatic heterocycles. The van der Waals surface area contributed by atoms with Crippen LogP contribution in [0.3, 0.4) is 0 Å². The molecule has 0 amide bonds. The van der Waals surface area contributed by atoms with E-state index in [2.05, 4.69) is 39.5 Å². The van der Waals surface area contributed by atoms with Gasteiger partial charge in [-0.05, 0) is 18.6 Å². The zero-order chi connectivity index (χ0) is 29.0. The molecule has 0 saturated heterocycles. The van der Waals surface area contributed by atoms with Gasteiger partial charge in [-0.2, -0.15) is 0 Å².